The summed E-state index contributed by atoms with van der Waals surface area (Å²) in [6.45, 7) is 0. The Labute approximate surface area is 67.9 Å². The molecule has 1 atom stereocenters. The average Bonchev–Trinajstić information content (AvgIpc) is 1.86. The number of nitrogens with two attached hydrogens (primary N) is 1. The first-order chi connectivity index (χ1) is 5.02. The molecule has 0 aliphatic heterocycles. The molecule has 0 spiro atoms. The van der Waals surface area contributed by atoms with E-state index in [1.165, 1.54) is 6.26 Å². The number of hydrogen-bond donors (Lipinski definition) is 1. The van der Waals surface area contributed by atoms with Crippen molar-refractivity contribution in [3.05, 3.63) is 6.04 Å². The van der Waals surface area contributed by atoms with Crippen molar-refractivity contribution < 1.29 is 8.42 Å². The van der Waals surface area contributed by atoms with Gasteiger partial charge >= 0.3 is 0 Å². The summed E-state index contributed by atoms with van der Waals surface area (Å²) in [5, 5.41) is -0.365. The van der Waals surface area contributed by atoms with E-state index in [1.54, 1.807) is 0 Å². The normalized spacial score (nSPS) is 28.7. The van der Waals surface area contributed by atoms with Crippen LogP contribution in [0.5, 0.6) is 0 Å². The molecule has 4 heteroatoms. The molecule has 1 radical (unpaired) electrons. The molecule has 1 fully saturated rings. The smallest absolute Gasteiger partial charge is 0.152 e. The minimum Gasteiger partial charge on any atom is -0.322 e. The summed E-state index contributed by atoms with van der Waals surface area (Å²) >= 11 is 0. The molecule has 0 aromatic rings. The van der Waals surface area contributed by atoms with Crippen molar-refractivity contribution in [3.8, 4) is 0 Å². The van der Waals surface area contributed by atoms with E-state index >= 15 is 0 Å². The van der Waals surface area contributed by atoms with Gasteiger partial charge in [0, 0.05) is 6.26 Å². The van der Waals surface area contributed by atoms with Gasteiger partial charge in [-0.25, -0.2) is 8.42 Å². The van der Waals surface area contributed by atoms with Gasteiger partial charge in [-0.2, -0.15) is 0 Å². The van der Waals surface area contributed by atoms with Gasteiger partial charge in [0.15, 0.2) is 9.84 Å². The minimum atomic E-state index is -2.94. The summed E-state index contributed by atoms with van der Waals surface area (Å²) in [4.78, 5) is 0. The zero-order valence-electron chi connectivity index (χ0n) is 6.71. The molecule has 0 amide bonds. The fourth-order valence-corrected chi connectivity index (χ4v) is 2.76. The Kier molecular flexibility index (Phi) is 2.54. The van der Waals surface area contributed by atoms with Gasteiger partial charge in [-0.1, -0.05) is 12.8 Å². The highest BCUT2D eigenvalue weighted by Crippen LogP contribution is 2.26. The van der Waals surface area contributed by atoms with E-state index in [2.05, 4.69) is 0 Å². The maximum atomic E-state index is 11.1. The monoisotopic (exact) mass is 176 g/mol. The highest BCUT2D eigenvalue weighted by molar-refractivity contribution is 7.91. The van der Waals surface area contributed by atoms with Crippen LogP contribution in [0.1, 0.15) is 25.7 Å². The quantitative estimate of drug-likeness (QED) is 0.631. The molecule has 1 unspecified atom stereocenters. The molecule has 0 heterocycles. The van der Waals surface area contributed by atoms with Crippen LogP contribution in [0.15, 0.2) is 0 Å². The molecule has 1 aliphatic carbocycles. The van der Waals surface area contributed by atoms with Crippen LogP contribution >= 0.6 is 0 Å². The lowest BCUT2D eigenvalue weighted by Gasteiger charge is -2.25. The molecular formula is C7H14NO2S. The molecule has 0 bridgehead atoms. The summed E-state index contributed by atoms with van der Waals surface area (Å²) in [6, 6.07) is 0.652. The lowest BCUT2D eigenvalue weighted by molar-refractivity contribution is 0.507. The van der Waals surface area contributed by atoms with Crippen molar-refractivity contribution in [1.82, 2.24) is 0 Å². The summed E-state index contributed by atoms with van der Waals surface area (Å²) < 4.78 is 22.2. The van der Waals surface area contributed by atoms with Crippen molar-refractivity contribution in [2.24, 2.45) is 5.73 Å². The second-order valence-corrected chi connectivity index (χ2v) is 5.37. The molecule has 3 nitrogen and oxygen atoms in total. The summed E-state index contributed by atoms with van der Waals surface area (Å²) in [6.07, 6.45) is 4.77. The van der Waals surface area contributed by atoms with Gasteiger partial charge in [-0.3, -0.25) is 0 Å². The molecule has 1 rings (SSSR count). The van der Waals surface area contributed by atoms with Crippen molar-refractivity contribution in [2.45, 2.75) is 30.9 Å². The van der Waals surface area contributed by atoms with Crippen LogP contribution in [0.4, 0.5) is 0 Å². The van der Waals surface area contributed by atoms with E-state index in [9.17, 15) is 8.42 Å². The molecule has 1 aliphatic rings. The highest BCUT2D eigenvalue weighted by Gasteiger charge is 2.30. The lowest BCUT2D eigenvalue weighted by atomic mass is 9.96. The van der Waals surface area contributed by atoms with Crippen LogP contribution in [0, 0.1) is 6.04 Å². The van der Waals surface area contributed by atoms with Crippen molar-refractivity contribution in [3.63, 3.8) is 0 Å². The maximum Gasteiger partial charge on any atom is 0.152 e. The predicted octanol–water partition coefficient (Wildman–Crippen LogP) is 0.464. The third-order valence-corrected chi connectivity index (χ3v) is 3.68. The fourth-order valence-electron chi connectivity index (χ4n) is 1.49. The molecule has 0 aromatic carbocycles. The Bertz CT molecular complexity index is 223. The van der Waals surface area contributed by atoms with Gasteiger partial charge < -0.3 is 5.73 Å². The molecular weight excluding hydrogens is 162 g/mol. The van der Waals surface area contributed by atoms with E-state index < -0.39 is 9.84 Å². The largest absolute Gasteiger partial charge is 0.322 e. The first-order valence-electron chi connectivity index (χ1n) is 3.82. The lowest BCUT2D eigenvalue weighted by Crippen LogP contribution is -2.35. The summed E-state index contributed by atoms with van der Waals surface area (Å²) in [5.41, 5.74) is 5.60. The third kappa shape index (κ3) is 2.17. The summed E-state index contributed by atoms with van der Waals surface area (Å²) in [5.74, 6) is 0. The van der Waals surface area contributed by atoms with Gasteiger partial charge in [0.2, 0.25) is 0 Å². The molecule has 2 N–H and O–H groups in total. The molecule has 0 aromatic heterocycles. The topological polar surface area (TPSA) is 60.2 Å². The van der Waals surface area contributed by atoms with Crippen molar-refractivity contribution in [1.29, 1.82) is 0 Å². The molecule has 0 saturated heterocycles. The number of rotatable bonds is 1. The van der Waals surface area contributed by atoms with Gasteiger partial charge in [0.1, 0.15) is 0 Å². The molecule has 11 heavy (non-hydrogen) atoms. The number of sulfone groups is 1. The van der Waals surface area contributed by atoms with Crippen molar-refractivity contribution in [2.75, 3.05) is 6.26 Å². The zero-order chi connectivity index (χ0) is 8.48. The van der Waals surface area contributed by atoms with Crippen LogP contribution in [0.2, 0.25) is 0 Å². The molecule has 1 saturated carbocycles. The van der Waals surface area contributed by atoms with E-state index in [0.717, 1.165) is 19.3 Å². The molecule has 65 valence electrons. The Morgan fingerprint density at radius 1 is 1.45 bits per heavy atom. The second kappa shape index (κ2) is 3.11. The van der Waals surface area contributed by atoms with Crippen LogP contribution in [0.3, 0.4) is 0 Å². The zero-order valence-corrected chi connectivity index (χ0v) is 7.52. The van der Waals surface area contributed by atoms with E-state index in [4.69, 9.17) is 5.73 Å². The van der Waals surface area contributed by atoms with Gasteiger partial charge in [0.05, 0.1) is 11.3 Å². The first-order valence-corrected chi connectivity index (χ1v) is 5.77. The number of hydrogen-bond acceptors (Lipinski definition) is 3. The Morgan fingerprint density at radius 2 is 2.09 bits per heavy atom. The van der Waals surface area contributed by atoms with Crippen LogP contribution in [0.25, 0.3) is 0 Å². The van der Waals surface area contributed by atoms with Gasteiger partial charge in [0.25, 0.3) is 0 Å². The van der Waals surface area contributed by atoms with Gasteiger partial charge in [-0.05, 0) is 12.8 Å². The van der Waals surface area contributed by atoms with E-state index in [0.29, 0.717) is 12.5 Å². The SMILES string of the molecule is CS(=O)(=O)C1CCCC[C]1N. The van der Waals surface area contributed by atoms with E-state index in [-0.39, 0.29) is 5.25 Å². The van der Waals surface area contributed by atoms with Gasteiger partial charge in [-0.15, -0.1) is 0 Å². The van der Waals surface area contributed by atoms with Crippen LogP contribution in [-0.2, 0) is 9.84 Å². The second-order valence-electron chi connectivity index (χ2n) is 3.14. The van der Waals surface area contributed by atoms with Crippen LogP contribution < -0.4 is 5.73 Å². The predicted molar refractivity (Wildman–Crippen MR) is 44.5 cm³/mol. The Balaban J connectivity index is 2.70. The first kappa shape index (κ1) is 9.00. The summed E-state index contributed by atoms with van der Waals surface area (Å²) in [7, 11) is -2.94. The Hall–Kier alpha value is -0.0900. The third-order valence-electron chi connectivity index (χ3n) is 2.11. The minimum absolute atomic E-state index is 0.365. The maximum absolute atomic E-state index is 11.1. The Morgan fingerprint density at radius 3 is 2.45 bits per heavy atom. The van der Waals surface area contributed by atoms with Crippen LogP contribution in [-0.4, -0.2) is 19.9 Å². The standard InChI is InChI=1S/C7H14NO2S/c1-11(9,10)7-5-3-2-4-6(7)8/h7H,2-5,8H2,1H3. The fraction of sp³-hybridized carbons (Fsp3) is 0.857. The highest BCUT2D eigenvalue weighted by atomic mass is 32.2. The average molecular weight is 176 g/mol. The van der Waals surface area contributed by atoms with Crippen molar-refractivity contribution >= 4 is 9.84 Å². The van der Waals surface area contributed by atoms with E-state index in [1.807, 2.05) is 0 Å².